The molecule has 22 heavy (non-hydrogen) atoms. The molecule has 2 fully saturated rings. The highest BCUT2D eigenvalue weighted by Crippen LogP contribution is 2.32. The van der Waals surface area contributed by atoms with Crippen molar-refractivity contribution in [1.29, 1.82) is 0 Å². The number of hydrogen-bond acceptors (Lipinski definition) is 3. The lowest BCUT2D eigenvalue weighted by atomic mass is 10.1. The predicted molar refractivity (Wildman–Crippen MR) is 84.8 cm³/mol. The van der Waals surface area contributed by atoms with E-state index in [-0.39, 0.29) is 18.0 Å². The van der Waals surface area contributed by atoms with E-state index >= 15 is 0 Å². The number of nitrogens with zero attached hydrogens (tertiary/aromatic N) is 1. The van der Waals surface area contributed by atoms with Gasteiger partial charge in [-0.05, 0) is 43.4 Å². The number of nitrogens with one attached hydrogen (secondary N) is 2. The fourth-order valence-corrected chi connectivity index (χ4v) is 2.81. The van der Waals surface area contributed by atoms with E-state index in [0.29, 0.717) is 31.1 Å². The summed E-state index contributed by atoms with van der Waals surface area (Å²) in [5.41, 5.74) is 7.04. The maximum absolute atomic E-state index is 12.4. The first kappa shape index (κ1) is 14.8. The lowest BCUT2D eigenvalue weighted by Crippen LogP contribution is -2.46. The number of carbonyl (C=O) groups is 2. The van der Waals surface area contributed by atoms with Crippen LogP contribution in [0.15, 0.2) is 24.3 Å². The zero-order chi connectivity index (χ0) is 15.5. The Morgan fingerprint density at radius 1 is 1.45 bits per heavy atom. The summed E-state index contributed by atoms with van der Waals surface area (Å²) >= 11 is 0. The van der Waals surface area contributed by atoms with Crippen LogP contribution >= 0.6 is 0 Å². The molecule has 1 saturated heterocycles. The van der Waals surface area contributed by atoms with Crippen molar-refractivity contribution < 1.29 is 9.59 Å². The first-order valence-electron chi connectivity index (χ1n) is 7.85. The van der Waals surface area contributed by atoms with Crippen LogP contribution in [0, 0.1) is 5.92 Å². The fraction of sp³-hybridized carbons (Fsp3) is 0.500. The molecule has 1 heterocycles. The van der Waals surface area contributed by atoms with Gasteiger partial charge in [-0.25, -0.2) is 4.79 Å². The van der Waals surface area contributed by atoms with Crippen molar-refractivity contribution in [2.45, 2.75) is 25.3 Å². The van der Waals surface area contributed by atoms with Crippen molar-refractivity contribution in [3.63, 3.8) is 0 Å². The van der Waals surface area contributed by atoms with Crippen LogP contribution < -0.4 is 21.3 Å². The van der Waals surface area contributed by atoms with Gasteiger partial charge in [-0.1, -0.05) is 6.07 Å². The Kier molecular flexibility index (Phi) is 4.29. The third-order valence-electron chi connectivity index (χ3n) is 4.26. The van der Waals surface area contributed by atoms with E-state index in [1.807, 2.05) is 6.07 Å². The molecule has 1 aromatic carbocycles. The molecule has 0 bridgehead atoms. The van der Waals surface area contributed by atoms with E-state index in [1.54, 1.807) is 23.1 Å². The number of amides is 3. The molecule has 3 amide bonds. The van der Waals surface area contributed by atoms with Gasteiger partial charge in [0, 0.05) is 36.9 Å². The van der Waals surface area contributed by atoms with Gasteiger partial charge in [-0.3, -0.25) is 9.69 Å². The van der Waals surface area contributed by atoms with E-state index in [0.717, 1.165) is 24.9 Å². The highest BCUT2D eigenvalue weighted by molar-refractivity contribution is 5.98. The molecule has 4 N–H and O–H groups in total. The maximum atomic E-state index is 12.4. The number of carbonyl (C=O) groups excluding carboxylic acids is 2. The molecular formula is C16H22N4O2. The summed E-state index contributed by atoms with van der Waals surface area (Å²) in [4.78, 5) is 25.9. The molecule has 1 atom stereocenters. The number of rotatable bonds is 5. The van der Waals surface area contributed by atoms with E-state index in [9.17, 15) is 9.59 Å². The van der Waals surface area contributed by atoms with E-state index < -0.39 is 0 Å². The Morgan fingerprint density at radius 2 is 2.27 bits per heavy atom. The molecule has 2 aliphatic rings. The SMILES string of the molecule is NCC(NC(=O)c1cccc(N2CCCNC2=O)c1)C1CC1. The molecule has 6 nitrogen and oxygen atoms in total. The van der Waals surface area contributed by atoms with Gasteiger partial charge in [-0.15, -0.1) is 0 Å². The molecule has 1 aliphatic heterocycles. The van der Waals surface area contributed by atoms with Gasteiger partial charge in [0.05, 0.1) is 0 Å². The first-order valence-corrected chi connectivity index (χ1v) is 7.85. The minimum Gasteiger partial charge on any atom is -0.348 e. The molecule has 3 rings (SSSR count). The zero-order valence-electron chi connectivity index (χ0n) is 12.5. The summed E-state index contributed by atoms with van der Waals surface area (Å²) in [7, 11) is 0. The second-order valence-electron chi connectivity index (χ2n) is 5.94. The third kappa shape index (κ3) is 3.22. The van der Waals surface area contributed by atoms with Gasteiger partial charge in [0.2, 0.25) is 0 Å². The maximum Gasteiger partial charge on any atom is 0.321 e. The summed E-state index contributed by atoms with van der Waals surface area (Å²) < 4.78 is 0. The molecule has 6 heteroatoms. The number of anilines is 1. The Morgan fingerprint density at radius 3 is 2.95 bits per heavy atom. The van der Waals surface area contributed by atoms with Crippen LogP contribution in [-0.2, 0) is 0 Å². The van der Waals surface area contributed by atoms with E-state index in [2.05, 4.69) is 10.6 Å². The van der Waals surface area contributed by atoms with Crippen LogP contribution in [0.3, 0.4) is 0 Å². The first-order chi connectivity index (χ1) is 10.7. The predicted octanol–water partition coefficient (Wildman–Crippen LogP) is 1.07. The van der Waals surface area contributed by atoms with Crippen molar-refractivity contribution >= 4 is 17.6 Å². The number of benzene rings is 1. The quantitative estimate of drug-likeness (QED) is 0.760. The Labute approximate surface area is 130 Å². The van der Waals surface area contributed by atoms with Gasteiger partial charge in [-0.2, -0.15) is 0 Å². The van der Waals surface area contributed by atoms with E-state index in [4.69, 9.17) is 5.73 Å². The molecule has 0 spiro atoms. The molecular weight excluding hydrogens is 280 g/mol. The van der Waals surface area contributed by atoms with Crippen LogP contribution in [0.25, 0.3) is 0 Å². The molecule has 0 radical (unpaired) electrons. The minimum atomic E-state index is -0.124. The fourth-order valence-electron chi connectivity index (χ4n) is 2.81. The zero-order valence-corrected chi connectivity index (χ0v) is 12.5. The number of urea groups is 1. The molecule has 1 aromatic rings. The summed E-state index contributed by atoms with van der Waals surface area (Å²) in [6.45, 7) is 1.84. The Bertz CT molecular complexity index is 571. The monoisotopic (exact) mass is 302 g/mol. The summed E-state index contributed by atoms with van der Waals surface area (Å²) in [6.07, 6.45) is 3.17. The van der Waals surface area contributed by atoms with Crippen molar-refractivity contribution in [2.75, 3.05) is 24.5 Å². The normalized spacial score (nSPS) is 19.5. The highest BCUT2D eigenvalue weighted by Gasteiger charge is 2.31. The largest absolute Gasteiger partial charge is 0.348 e. The van der Waals surface area contributed by atoms with Crippen molar-refractivity contribution in [3.8, 4) is 0 Å². The molecule has 118 valence electrons. The van der Waals surface area contributed by atoms with Crippen LogP contribution in [0.4, 0.5) is 10.5 Å². The van der Waals surface area contributed by atoms with Gasteiger partial charge >= 0.3 is 6.03 Å². The van der Waals surface area contributed by atoms with Crippen molar-refractivity contribution in [2.24, 2.45) is 11.7 Å². The summed E-state index contributed by atoms with van der Waals surface area (Å²) in [6, 6.07) is 7.13. The second-order valence-corrected chi connectivity index (χ2v) is 5.94. The van der Waals surface area contributed by atoms with Crippen molar-refractivity contribution in [3.05, 3.63) is 29.8 Å². The standard InChI is InChI=1S/C16H22N4O2/c17-10-14(11-5-6-11)19-15(21)12-3-1-4-13(9-12)20-8-2-7-18-16(20)22/h1,3-4,9,11,14H,2,5-8,10,17H2,(H,18,22)(H,19,21). The Hall–Kier alpha value is -2.08. The molecule has 0 aromatic heterocycles. The smallest absolute Gasteiger partial charge is 0.321 e. The third-order valence-corrected chi connectivity index (χ3v) is 4.26. The minimum absolute atomic E-state index is 0.0504. The van der Waals surface area contributed by atoms with Crippen LogP contribution in [-0.4, -0.2) is 37.6 Å². The van der Waals surface area contributed by atoms with Crippen molar-refractivity contribution in [1.82, 2.24) is 10.6 Å². The second kappa shape index (κ2) is 6.36. The van der Waals surface area contributed by atoms with Crippen LogP contribution in [0.2, 0.25) is 0 Å². The highest BCUT2D eigenvalue weighted by atomic mass is 16.2. The summed E-state index contributed by atoms with van der Waals surface area (Å²) in [5, 5.41) is 5.82. The molecule has 1 saturated carbocycles. The van der Waals surface area contributed by atoms with Gasteiger partial charge in [0.1, 0.15) is 0 Å². The molecule has 1 aliphatic carbocycles. The van der Waals surface area contributed by atoms with Gasteiger partial charge in [0.15, 0.2) is 0 Å². The average molecular weight is 302 g/mol. The number of nitrogens with two attached hydrogens (primary N) is 1. The molecule has 1 unspecified atom stereocenters. The van der Waals surface area contributed by atoms with Crippen LogP contribution in [0.5, 0.6) is 0 Å². The van der Waals surface area contributed by atoms with Gasteiger partial charge < -0.3 is 16.4 Å². The van der Waals surface area contributed by atoms with Gasteiger partial charge in [0.25, 0.3) is 5.91 Å². The Balaban J connectivity index is 1.72. The summed E-state index contributed by atoms with van der Waals surface area (Å²) in [5.74, 6) is 0.395. The lowest BCUT2D eigenvalue weighted by Gasteiger charge is -2.27. The average Bonchev–Trinajstić information content (AvgIpc) is 3.38. The number of hydrogen-bond donors (Lipinski definition) is 3. The van der Waals surface area contributed by atoms with E-state index in [1.165, 1.54) is 0 Å². The van der Waals surface area contributed by atoms with Crippen LogP contribution in [0.1, 0.15) is 29.6 Å². The topological polar surface area (TPSA) is 87.5 Å². The lowest BCUT2D eigenvalue weighted by molar-refractivity contribution is 0.0933.